The number of nitrogen functional groups attached to an aromatic ring is 2. The van der Waals surface area contributed by atoms with Crippen molar-refractivity contribution in [1.29, 1.82) is 0 Å². The van der Waals surface area contributed by atoms with Gasteiger partial charge in [0, 0.05) is 35.6 Å². The topological polar surface area (TPSA) is 59.8 Å². The van der Waals surface area contributed by atoms with Crippen molar-refractivity contribution >= 4 is 11.4 Å². The molecule has 0 saturated heterocycles. The third-order valence-corrected chi connectivity index (χ3v) is 2.16. The van der Waals surface area contributed by atoms with E-state index in [1.165, 1.54) is 0 Å². The monoisotopic (exact) mass is 202 g/mol. The predicted octanol–water partition coefficient (Wildman–Crippen LogP) is -0.0682. The molecule has 2 aromatic rings. The van der Waals surface area contributed by atoms with Gasteiger partial charge in [0.1, 0.15) is 0 Å². The highest BCUT2D eigenvalue weighted by atomic mass is 15.1. The van der Waals surface area contributed by atoms with Crippen LogP contribution in [0.15, 0.2) is 49.1 Å². The second-order valence-corrected chi connectivity index (χ2v) is 3.43. The molecule has 0 bridgehead atoms. The Hall–Kier alpha value is -2.10. The van der Waals surface area contributed by atoms with Crippen LogP contribution in [0.25, 0.3) is 0 Å². The van der Waals surface area contributed by atoms with Crippen LogP contribution in [0.4, 0.5) is 11.4 Å². The summed E-state index contributed by atoms with van der Waals surface area (Å²) >= 11 is 0. The van der Waals surface area contributed by atoms with E-state index in [0.29, 0.717) is 0 Å². The summed E-state index contributed by atoms with van der Waals surface area (Å²) in [5.74, 6) is 0. The Morgan fingerprint density at radius 2 is 1.07 bits per heavy atom. The van der Waals surface area contributed by atoms with Gasteiger partial charge in [0.05, 0.1) is 0 Å². The van der Waals surface area contributed by atoms with E-state index in [4.69, 9.17) is 11.5 Å². The number of hydrogen-bond donors (Lipinski definition) is 2. The second kappa shape index (κ2) is 3.96. The van der Waals surface area contributed by atoms with Crippen molar-refractivity contribution in [3.05, 3.63) is 49.1 Å². The van der Waals surface area contributed by atoms with Crippen molar-refractivity contribution < 1.29 is 9.13 Å². The smallest absolute Gasteiger partial charge is 0.343 e. The fourth-order valence-corrected chi connectivity index (χ4v) is 1.31. The molecule has 0 aliphatic carbocycles. The van der Waals surface area contributed by atoms with Gasteiger partial charge in [-0.1, -0.05) is 0 Å². The van der Waals surface area contributed by atoms with E-state index in [9.17, 15) is 0 Å². The molecule has 0 spiro atoms. The molecule has 4 heteroatoms. The van der Waals surface area contributed by atoms with Crippen LogP contribution in [-0.2, 0) is 6.67 Å². The van der Waals surface area contributed by atoms with Crippen LogP contribution in [0.5, 0.6) is 0 Å². The first kappa shape index (κ1) is 9.45. The van der Waals surface area contributed by atoms with Crippen LogP contribution in [0.1, 0.15) is 0 Å². The first-order valence-electron chi connectivity index (χ1n) is 4.73. The van der Waals surface area contributed by atoms with Crippen molar-refractivity contribution in [1.82, 2.24) is 0 Å². The van der Waals surface area contributed by atoms with Gasteiger partial charge in [0.15, 0.2) is 24.8 Å². The van der Waals surface area contributed by atoms with Crippen LogP contribution in [0, 0.1) is 0 Å². The Morgan fingerprint density at radius 3 is 1.40 bits per heavy atom. The predicted molar refractivity (Wildman–Crippen MR) is 57.5 cm³/mol. The fraction of sp³-hybridized carbons (Fsp3) is 0.0909. The number of anilines is 2. The molecule has 2 heterocycles. The number of rotatable bonds is 2. The number of hydrogen-bond acceptors (Lipinski definition) is 2. The largest absolute Gasteiger partial charge is 0.398 e. The van der Waals surface area contributed by atoms with Gasteiger partial charge in [-0.3, -0.25) is 0 Å². The molecule has 0 radical (unpaired) electrons. The Kier molecular flexibility index (Phi) is 2.49. The van der Waals surface area contributed by atoms with Crippen LogP contribution in [0.2, 0.25) is 0 Å². The average Bonchev–Trinajstić information content (AvgIpc) is 2.25. The molecule has 2 aromatic heterocycles. The highest BCUT2D eigenvalue weighted by Crippen LogP contribution is 1.94. The first-order valence-corrected chi connectivity index (χ1v) is 4.73. The molecule has 0 amide bonds. The van der Waals surface area contributed by atoms with Crippen LogP contribution in [-0.4, -0.2) is 0 Å². The number of aromatic nitrogens is 2. The summed E-state index contributed by atoms with van der Waals surface area (Å²) < 4.78 is 4.07. The Bertz CT molecular complexity index is 390. The van der Waals surface area contributed by atoms with E-state index in [2.05, 4.69) is 0 Å². The molecular formula is C11H14N4+2. The number of nitrogens with zero attached hydrogens (tertiary/aromatic N) is 2. The zero-order chi connectivity index (χ0) is 10.7. The van der Waals surface area contributed by atoms with E-state index >= 15 is 0 Å². The minimum absolute atomic E-state index is 0.751. The van der Waals surface area contributed by atoms with Gasteiger partial charge in [-0.25, -0.2) is 0 Å². The van der Waals surface area contributed by atoms with E-state index in [1.807, 2.05) is 58.2 Å². The zero-order valence-electron chi connectivity index (χ0n) is 8.38. The molecule has 2 rings (SSSR count). The minimum atomic E-state index is 0.751. The summed E-state index contributed by atoms with van der Waals surface area (Å²) in [7, 11) is 0. The Morgan fingerprint density at radius 1 is 0.733 bits per heavy atom. The summed E-state index contributed by atoms with van der Waals surface area (Å²) in [4.78, 5) is 0. The number of nitrogens with two attached hydrogens (primary N) is 2. The van der Waals surface area contributed by atoms with Crippen LogP contribution in [0.3, 0.4) is 0 Å². The molecule has 15 heavy (non-hydrogen) atoms. The van der Waals surface area contributed by atoms with Crippen molar-refractivity contribution in [2.75, 3.05) is 11.5 Å². The molecule has 76 valence electrons. The molecule has 0 aromatic carbocycles. The lowest BCUT2D eigenvalue weighted by Crippen LogP contribution is -2.50. The lowest BCUT2D eigenvalue weighted by atomic mass is 10.4. The molecular weight excluding hydrogens is 188 g/mol. The van der Waals surface area contributed by atoms with Gasteiger partial charge >= 0.3 is 6.67 Å². The normalized spacial score (nSPS) is 10.1. The number of pyridine rings is 2. The van der Waals surface area contributed by atoms with Crippen molar-refractivity contribution in [2.45, 2.75) is 6.67 Å². The third kappa shape index (κ3) is 2.43. The molecule has 4 N–H and O–H groups in total. The molecule has 4 nitrogen and oxygen atoms in total. The summed E-state index contributed by atoms with van der Waals surface area (Å²) in [5.41, 5.74) is 12.8. The minimum Gasteiger partial charge on any atom is -0.398 e. The maximum atomic E-state index is 5.60. The van der Waals surface area contributed by atoms with Gasteiger partial charge in [0.2, 0.25) is 0 Å². The Balaban J connectivity index is 2.15. The molecule has 0 atom stereocenters. The van der Waals surface area contributed by atoms with E-state index in [-0.39, 0.29) is 0 Å². The van der Waals surface area contributed by atoms with Gasteiger partial charge in [0.25, 0.3) is 0 Å². The van der Waals surface area contributed by atoms with E-state index in [1.54, 1.807) is 0 Å². The zero-order valence-corrected chi connectivity index (χ0v) is 8.38. The Labute approximate surface area is 88.4 Å². The SMILES string of the molecule is Nc1cc[n+](C[n+]2ccc(N)cc2)cc1. The van der Waals surface area contributed by atoms with Gasteiger partial charge in [-0.2, -0.15) is 0 Å². The first-order chi connectivity index (χ1) is 7.24. The molecule has 0 aliphatic rings. The van der Waals surface area contributed by atoms with E-state index in [0.717, 1.165) is 18.0 Å². The summed E-state index contributed by atoms with van der Waals surface area (Å²) in [5, 5.41) is 0. The quantitative estimate of drug-likeness (QED) is 0.670. The molecule has 0 unspecified atom stereocenters. The van der Waals surface area contributed by atoms with Crippen molar-refractivity contribution in [2.24, 2.45) is 0 Å². The molecule has 0 aliphatic heterocycles. The van der Waals surface area contributed by atoms with Gasteiger partial charge in [-0.05, 0) is 0 Å². The summed E-state index contributed by atoms with van der Waals surface area (Å²) in [6, 6.07) is 7.49. The maximum absolute atomic E-state index is 5.60. The fourth-order valence-electron chi connectivity index (χ4n) is 1.31. The molecule has 0 fully saturated rings. The average molecular weight is 202 g/mol. The second-order valence-electron chi connectivity index (χ2n) is 3.43. The third-order valence-electron chi connectivity index (χ3n) is 2.16. The highest BCUT2D eigenvalue weighted by molar-refractivity contribution is 5.32. The van der Waals surface area contributed by atoms with Crippen molar-refractivity contribution in [3.63, 3.8) is 0 Å². The van der Waals surface area contributed by atoms with Crippen LogP contribution >= 0.6 is 0 Å². The highest BCUT2D eigenvalue weighted by Gasteiger charge is 2.06. The lowest BCUT2D eigenvalue weighted by molar-refractivity contribution is -0.913. The summed E-state index contributed by atoms with van der Waals surface area (Å²) in [6.45, 7) is 0.751. The van der Waals surface area contributed by atoms with Crippen LogP contribution < -0.4 is 20.6 Å². The maximum Gasteiger partial charge on any atom is 0.343 e. The van der Waals surface area contributed by atoms with Gasteiger partial charge in [-0.15, -0.1) is 9.13 Å². The van der Waals surface area contributed by atoms with Gasteiger partial charge < -0.3 is 11.5 Å². The van der Waals surface area contributed by atoms with Crippen molar-refractivity contribution in [3.8, 4) is 0 Å². The standard InChI is InChI=1S/C11H12N4/c12-10-1-5-14(6-2-10)9-15-7-3-11(13)4-8-15/h1-8,12-13H,9H2/p+2. The summed E-state index contributed by atoms with van der Waals surface area (Å²) in [6.07, 6.45) is 7.77. The van der Waals surface area contributed by atoms with E-state index < -0.39 is 0 Å². The lowest BCUT2D eigenvalue weighted by Gasteiger charge is -1.94. The molecule has 0 saturated carbocycles.